The number of benzene rings is 2. The average molecular weight is 357 g/mol. The normalized spacial score (nSPS) is 10.1. The number of anilines is 2. The van der Waals surface area contributed by atoms with E-state index in [4.69, 9.17) is 4.74 Å². The fourth-order valence-corrected chi connectivity index (χ4v) is 2.21. The highest BCUT2D eigenvalue weighted by atomic mass is 16.6. The summed E-state index contributed by atoms with van der Waals surface area (Å²) in [5.41, 5.74) is 0.861. The van der Waals surface area contributed by atoms with Crippen LogP contribution in [0.25, 0.3) is 0 Å². The molecule has 2 aromatic carbocycles. The number of hydrogen-bond donors (Lipinski definition) is 2. The van der Waals surface area contributed by atoms with E-state index in [-0.39, 0.29) is 29.5 Å². The molecule has 0 aromatic heterocycles. The quantitative estimate of drug-likeness (QED) is 0.581. The molecule has 0 heterocycles. The number of carbonyl (C=O) groups is 2. The van der Waals surface area contributed by atoms with E-state index in [1.165, 1.54) is 18.2 Å². The van der Waals surface area contributed by atoms with E-state index in [1.807, 2.05) is 0 Å². The first-order valence-electron chi connectivity index (χ1n) is 8.07. The largest absolute Gasteiger partial charge is 0.487 e. The molecule has 2 rings (SSSR count). The number of carbonyl (C=O) groups excluding carboxylic acids is 2. The predicted octanol–water partition coefficient (Wildman–Crippen LogP) is 3.59. The highest BCUT2D eigenvalue weighted by Gasteiger charge is 2.18. The first-order valence-corrected chi connectivity index (χ1v) is 8.07. The maximum Gasteiger partial charge on any atom is 0.311 e. The van der Waals surface area contributed by atoms with Gasteiger partial charge in [0.15, 0.2) is 5.75 Å². The molecule has 0 unspecified atom stereocenters. The van der Waals surface area contributed by atoms with Gasteiger partial charge in [0, 0.05) is 29.4 Å². The van der Waals surface area contributed by atoms with Crippen molar-refractivity contribution >= 4 is 28.9 Å². The number of amides is 2. The Hall–Kier alpha value is -3.42. The second-order valence-corrected chi connectivity index (χ2v) is 5.31. The van der Waals surface area contributed by atoms with Gasteiger partial charge in [0.25, 0.3) is 5.91 Å². The molecule has 8 nitrogen and oxygen atoms in total. The molecule has 0 radical (unpaired) electrons. The molecule has 0 saturated carbocycles. The third-order valence-corrected chi connectivity index (χ3v) is 3.44. The molecule has 2 amide bonds. The van der Waals surface area contributed by atoms with E-state index in [9.17, 15) is 19.7 Å². The van der Waals surface area contributed by atoms with E-state index in [0.29, 0.717) is 17.8 Å². The Morgan fingerprint density at radius 3 is 2.38 bits per heavy atom. The lowest BCUT2D eigenvalue weighted by atomic mass is 10.1. The Morgan fingerprint density at radius 1 is 1.08 bits per heavy atom. The van der Waals surface area contributed by atoms with Crippen molar-refractivity contribution in [3.63, 3.8) is 0 Å². The number of nitro benzene ring substituents is 1. The Bertz CT molecular complexity index is 835. The number of nitrogens with zero attached hydrogens (tertiary/aromatic N) is 1. The van der Waals surface area contributed by atoms with E-state index in [1.54, 1.807) is 38.1 Å². The van der Waals surface area contributed by atoms with Gasteiger partial charge in [0.2, 0.25) is 5.91 Å². The number of hydrogen-bond acceptors (Lipinski definition) is 5. The van der Waals surface area contributed by atoms with Gasteiger partial charge < -0.3 is 15.4 Å². The van der Waals surface area contributed by atoms with Crippen molar-refractivity contribution in [1.82, 2.24) is 0 Å². The molecular formula is C18H19N3O5. The number of nitro groups is 1. The fourth-order valence-electron chi connectivity index (χ4n) is 2.21. The zero-order chi connectivity index (χ0) is 19.1. The molecule has 136 valence electrons. The van der Waals surface area contributed by atoms with Gasteiger partial charge in [-0.15, -0.1) is 0 Å². The summed E-state index contributed by atoms with van der Waals surface area (Å²) in [6.45, 7) is 3.73. The molecule has 0 aliphatic heterocycles. The van der Waals surface area contributed by atoms with Crippen LogP contribution in [0.15, 0.2) is 42.5 Å². The minimum atomic E-state index is -0.595. The first kappa shape index (κ1) is 18.9. The SMILES string of the molecule is CCOc1ccc(C(=O)Nc2cccc(NC(=O)CC)c2)cc1[N+](=O)[O-]. The molecule has 0 bridgehead atoms. The summed E-state index contributed by atoms with van der Waals surface area (Å²) in [5.74, 6) is -0.538. The third-order valence-electron chi connectivity index (χ3n) is 3.44. The van der Waals surface area contributed by atoms with Gasteiger partial charge in [-0.2, -0.15) is 0 Å². The number of rotatable bonds is 7. The van der Waals surface area contributed by atoms with Crippen molar-refractivity contribution in [2.75, 3.05) is 17.2 Å². The van der Waals surface area contributed by atoms with Gasteiger partial charge >= 0.3 is 5.69 Å². The Kier molecular flexibility index (Phi) is 6.26. The van der Waals surface area contributed by atoms with Crippen molar-refractivity contribution in [3.05, 3.63) is 58.1 Å². The Labute approximate surface area is 150 Å². The summed E-state index contributed by atoms with van der Waals surface area (Å²) in [4.78, 5) is 34.4. The van der Waals surface area contributed by atoms with Crippen LogP contribution >= 0.6 is 0 Å². The number of nitrogens with one attached hydrogen (secondary N) is 2. The summed E-state index contributed by atoms with van der Waals surface area (Å²) in [7, 11) is 0. The molecule has 2 aromatic rings. The molecule has 8 heteroatoms. The van der Waals surface area contributed by atoms with Crippen LogP contribution in [0.2, 0.25) is 0 Å². The summed E-state index contributed by atoms with van der Waals surface area (Å²) < 4.78 is 5.20. The van der Waals surface area contributed by atoms with Crippen LogP contribution in [0, 0.1) is 10.1 Å². The Balaban J connectivity index is 2.19. The van der Waals surface area contributed by atoms with Crippen LogP contribution in [-0.2, 0) is 4.79 Å². The van der Waals surface area contributed by atoms with Crippen molar-refractivity contribution in [2.45, 2.75) is 20.3 Å². The second kappa shape index (κ2) is 8.61. The lowest BCUT2D eigenvalue weighted by Crippen LogP contribution is -2.13. The van der Waals surface area contributed by atoms with Gasteiger partial charge in [-0.25, -0.2) is 0 Å². The highest BCUT2D eigenvalue weighted by molar-refractivity contribution is 6.05. The van der Waals surface area contributed by atoms with E-state index in [2.05, 4.69) is 10.6 Å². The van der Waals surface area contributed by atoms with Crippen LogP contribution in [0.1, 0.15) is 30.6 Å². The zero-order valence-electron chi connectivity index (χ0n) is 14.4. The van der Waals surface area contributed by atoms with E-state index >= 15 is 0 Å². The van der Waals surface area contributed by atoms with Gasteiger partial charge in [-0.1, -0.05) is 13.0 Å². The summed E-state index contributed by atoms with van der Waals surface area (Å²) in [6.07, 6.45) is 0.340. The van der Waals surface area contributed by atoms with Crippen LogP contribution < -0.4 is 15.4 Å². The minimum absolute atomic E-state index is 0.110. The molecule has 0 fully saturated rings. The first-order chi connectivity index (χ1) is 12.4. The topological polar surface area (TPSA) is 111 Å². The summed E-state index contributed by atoms with van der Waals surface area (Å²) in [5, 5.41) is 16.5. The highest BCUT2D eigenvalue weighted by Crippen LogP contribution is 2.28. The average Bonchev–Trinajstić information content (AvgIpc) is 2.62. The Morgan fingerprint density at radius 2 is 1.77 bits per heavy atom. The van der Waals surface area contributed by atoms with Gasteiger partial charge in [0.1, 0.15) is 0 Å². The minimum Gasteiger partial charge on any atom is -0.487 e. The van der Waals surface area contributed by atoms with Crippen molar-refractivity contribution in [1.29, 1.82) is 0 Å². The summed E-state index contributed by atoms with van der Waals surface area (Å²) in [6, 6.07) is 10.7. The molecule has 26 heavy (non-hydrogen) atoms. The van der Waals surface area contributed by atoms with E-state index < -0.39 is 10.8 Å². The second-order valence-electron chi connectivity index (χ2n) is 5.31. The van der Waals surface area contributed by atoms with E-state index in [0.717, 1.165) is 0 Å². The molecule has 0 aliphatic carbocycles. The molecule has 0 atom stereocenters. The van der Waals surface area contributed by atoms with Gasteiger partial charge in [-0.05, 0) is 37.3 Å². The van der Waals surface area contributed by atoms with Crippen molar-refractivity contribution < 1.29 is 19.2 Å². The van der Waals surface area contributed by atoms with Crippen molar-refractivity contribution in [2.24, 2.45) is 0 Å². The van der Waals surface area contributed by atoms with Crippen LogP contribution in [0.4, 0.5) is 17.1 Å². The molecule has 0 aliphatic rings. The predicted molar refractivity (Wildman–Crippen MR) is 97.6 cm³/mol. The smallest absolute Gasteiger partial charge is 0.311 e. The molecule has 2 N–H and O–H groups in total. The lowest BCUT2D eigenvalue weighted by Gasteiger charge is -2.09. The van der Waals surface area contributed by atoms with Crippen LogP contribution in [0.5, 0.6) is 5.75 Å². The van der Waals surface area contributed by atoms with Gasteiger partial charge in [0.05, 0.1) is 11.5 Å². The number of ether oxygens (including phenoxy) is 1. The fraction of sp³-hybridized carbons (Fsp3) is 0.222. The molecule has 0 saturated heterocycles. The lowest BCUT2D eigenvalue weighted by molar-refractivity contribution is -0.385. The van der Waals surface area contributed by atoms with Gasteiger partial charge in [-0.3, -0.25) is 19.7 Å². The maximum atomic E-state index is 12.4. The monoisotopic (exact) mass is 357 g/mol. The zero-order valence-corrected chi connectivity index (χ0v) is 14.4. The maximum absolute atomic E-state index is 12.4. The van der Waals surface area contributed by atoms with Crippen LogP contribution in [-0.4, -0.2) is 23.3 Å². The molecule has 0 spiro atoms. The van der Waals surface area contributed by atoms with Crippen LogP contribution in [0.3, 0.4) is 0 Å². The molecular weight excluding hydrogens is 338 g/mol. The third kappa shape index (κ3) is 4.79. The standard InChI is InChI=1S/C18H19N3O5/c1-3-17(22)19-13-6-5-7-14(11-13)20-18(23)12-8-9-16(26-4-2)15(10-12)21(24)25/h5-11H,3-4H2,1-2H3,(H,19,22)(H,20,23). The summed E-state index contributed by atoms with van der Waals surface area (Å²) >= 11 is 0. The van der Waals surface area contributed by atoms with Crippen molar-refractivity contribution in [3.8, 4) is 5.75 Å².